The molecule has 47 heavy (non-hydrogen) atoms. The predicted octanol–water partition coefficient (Wildman–Crippen LogP) is 5.39. The van der Waals surface area contributed by atoms with E-state index in [0.29, 0.717) is 74.1 Å². The summed E-state index contributed by atoms with van der Waals surface area (Å²) in [5.74, 6) is -4.60. The van der Waals surface area contributed by atoms with Crippen molar-refractivity contribution in [1.82, 2.24) is 24.3 Å². The van der Waals surface area contributed by atoms with Gasteiger partial charge in [-0.1, -0.05) is 37.5 Å². The number of alkyl halides is 2. The maximum atomic E-state index is 16.1. The number of fused-ring (bicyclic) bond motifs is 9. The van der Waals surface area contributed by atoms with Gasteiger partial charge in [-0.15, -0.1) is 0 Å². The second kappa shape index (κ2) is 13.7. The molecule has 12 heteroatoms. The summed E-state index contributed by atoms with van der Waals surface area (Å²) < 4.78 is 55.0. The lowest BCUT2D eigenvalue weighted by atomic mass is 9.85. The van der Waals surface area contributed by atoms with Crippen LogP contribution in [0.25, 0.3) is 11.0 Å². The molecule has 0 spiro atoms. The fourth-order valence-electron chi connectivity index (χ4n) is 7.78. The summed E-state index contributed by atoms with van der Waals surface area (Å²) in [4.78, 5) is 30.0. The zero-order chi connectivity index (χ0) is 32.5. The van der Waals surface area contributed by atoms with Crippen molar-refractivity contribution in [3.8, 4) is 0 Å². The molecule has 3 fully saturated rings. The fourth-order valence-corrected chi connectivity index (χ4v) is 7.78. The molecule has 9 nitrogen and oxygen atoms in total. The highest BCUT2D eigenvalue weighted by molar-refractivity contribution is 5.89. The molecule has 0 radical (unpaired) electrons. The number of nitrogens with one attached hydrogen (secondary N) is 1. The van der Waals surface area contributed by atoms with Crippen LogP contribution >= 0.6 is 0 Å². The van der Waals surface area contributed by atoms with E-state index >= 15 is 13.2 Å². The molecule has 7 heterocycles. The Bertz CT molecular complexity index is 1610. The van der Waals surface area contributed by atoms with E-state index in [1.165, 1.54) is 18.5 Å². The van der Waals surface area contributed by atoms with Crippen LogP contribution in [-0.4, -0.2) is 89.4 Å². The molecule has 3 saturated heterocycles. The van der Waals surface area contributed by atoms with Gasteiger partial charge in [0.2, 0.25) is 0 Å². The molecular weight excluding hydrogens is 607 g/mol. The smallest absolute Gasteiger partial charge is 0.278 e. The summed E-state index contributed by atoms with van der Waals surface area (Å²) in [5.41, 5.74) is 0.665. The zero-order valence-electron chi connectivity index (χ0n) is 27.3. The molecule has 5 aliphatic heterocycles. The molecule has 0 unspecified atom stereocenters. The standard InChI is InChI=1S/C35H46F3N7O2/c1-24-27-8-7-9-29(31(27)36)35(37,38)25-10-14-42(15-11-25)12-5-3-2-4-6-13-45-33-28(32(41-24)39-23-40-33)20-30(34(45)46)44-18-16-43(17-19-44)26-21-47-22-26/h7-9,20,23-26H,2-6,10-19,21-22H2,1H3,(H,39,40,41)/t24-/m1/s1. The van der Waals surface area contributed by atoms with E-state index in [2.05, 4.69) is 30.0 Å². The highest BCUT2D eigenvalue weighted by atomic mass is 19.3. The Morgan fingerprint density at radius 3 is 2.36 bits per heavy atom. The first-order chi connectivity index (χ1) is 22.8. The number of aromatic nitrogens is 3. The Kier molecular flexibility index (Phi) is 9.44. The highest BCUT2D eigenvalue weighted by Crippen LogP contribution is 2.44. The topological polar surface area (TPSA) is 78.8 Å². The maximum absolute atomic E-state index is 16.1. The Hall–Kier alpha value is -3.22. The van der Waals surface area contributed by atoms with E-state index in [9.17, 15) is 4.79 Å². The van der Waals surface area contributed by atoms with Crippen molar-refractivity contribution < 1.29 is 17.9 Å². The Balaban J connectivity index is 1.24. The quantitative estimate of drug-likeness (QED) is 0.395. The molecule has 1 aromatic carbocycles. The average molecular weight is 654 g/mol. The van der Waals surface area contributed by atoms with Gasteiger partial charge < -0.3 is 19.9 Å². The van der Waals surface area contributed by atoms with Gasteiger partial charge in [-0.3, -0.25) is 14.3 Å². The summed E-state index contributed by atoms with van der Waals surface area (Å²) >= 11 is 0. The number of benzene rings is 1. The summed E-state index contributed by atoms with van der Waals surface area (Å²) in [6.07, 6.45) is 7.03. The summed E-state index contributed by atoms with van der Waals surface area (Å²) in [6, 6.07) is 5.94. The van der Waals surface area contributed by atoms with Crippen LogP contribution in [0.1, 0.15) is 69.0 Å². The molecule has 3 aromatic rings. The van der Waals surface area contributed by atoms with Crippen molar-refractivity contribution in [2.45, 2.75) is 76.4 Å². The van der Waals surface area contributed by atoms with Crippen molar-refractivity contribution in [3.63, 3.8) is 0 Å². The molecular formula is C35H46F3N7O2. The van der Waals surface area contributed by atoms with Gasteiger partial charge in [0.15, 0.2) is 0 Å². The van der Waals surface area contributed by atoms with Crippen LogP contribution in [0.15, 0.2) is 35.4 Å². The second-order valence-corrected chi connectivity index (χ2v) is 13.7. The van der Waals surface area contributed by atoms with Crippen LogP contribution in [0.5, 0.6) is 0 Å². The number of rotatable bonds is 2. The molecule has 1 N–H and O–H groups in total. The number of nitrogens with zero attached hydrogens (tertiary/aromatic N) is 6. The van der Waals surface area contributed by atoms with Gasteiger partial charge in [0, 0.05) is 44.2 Å². The molecule has 0 saturated carbocycles. The van der Waals surface area contributed by atoms with Crippen LogP contribution in [0, 0.1) is 11.7 Å². The van der Waals surface area contributed by atoms with E-state index in [1.807, 2.05) is 6.07 Å². The number of aryl methyl sites for hydroxylation is 1. The van der Waals surface area contributed by atoms with Gasteiger partial charge in [-0.25, -0.2) is 23.1 Å². The third-order valence-electron chi connectivity index (χ3n) is 10.8. The van der Waals surface area contributed by atoms with Gasteiger partial charge in [0.1, 0.15) is 29.3 Å². The number of hydrogen-bond acceptors (Lipinski definition) is 8. The maximum Gasteiger partial charge on any atom is 0.278 e. The number of piperidine rings is 1. The highest BCUT2D eigenvalue weighted by Gasteiger charge is 2.45. The van der Waals surface area contributed by atoms with Crippen LogP contribution in [0.2, 0.25) is 0 Å². The van der Waals surface area contributed by atoms with Gasteiger partial charge >= 0.3 is 0 Å². The minimum absolute atomic E-state index is 0.0708. The van der Waals surface area contributed by atoms with Crippen LogP contribution in [0.3, 0.4) is 0 Å². The number of hydrogen-bond donors (Lipinski definition) is 1. The van der Waals surface area contributed by atoms with Crippen molar-refractivity contribution in [2.75, 3.05) is 69.2 Å². The summed E-state index contributed by atoms with van der Waals surface area (Å²) in [5, 5.41) is 3.96. The predicted molar refractivity (Wildman–Crippen MR) is 177 cm³/mol. The van der Waals surface area contributed by atoms with E-state index < -0.39 is 29.3 Å². The molecule has 8 bridgehead atoms. The molecule has 8 rings (SSSR count). The van der Waals surface area contributed by atoms with Crippen LogP contribution < -0.4 is 15.8 Å². The minimum atomic E-state index is -3.27. The SMILES string of the molecule is C[C@H]1Nc2ncnc3c2cc(N2CCN(C4COC4)CC2)c(=O)n3CCCCCCCN2CCC(CC2)C(F)(F)c2cccc1c2F. The van der Waals surface area contributed by atoms with Crippen LogP contribution in [-0.2, 0) is 17.2 Å². The van der Waals surface area contributed by atoms with Gasteiger partial charge in [0.05, 0.1) is 36.2 Å². The van der Waals surface area contributed by atoms with E-state index in [1.54, 1.807) is 17.6 Å². The molecule has 0 aliphatic carbocycles. The first kappa shape index (κ1) is 32.3. The third-order valence-corrected chi connectivity index (χ3v) is 10.8. The second-order valence-electron chi connectivity index (χ2n) is 13.7. The number of halogens is 3. The lowest BCUT2D eigenvalue weighted by Crippen LogP contribution is -2.57. The van der Waals surface area contributed by atoms with Crippen LogP contribution in [0.4, 0.5) is 24.7 Å². The monoisotopic (exact) mass is 653 g/mol. The van der Waals surface area contributed by atoms with E-state index in [-0.39, 0.29) is 11.1 Å². The molecule has 1 atom stereocenters. The zero-order valence-corrected chi connectivity index (χ0v) is 27.3. The molecule has 0 amide bonds. The first-order valence-electron chi connectivity index (χ1n) is 17.4. The van der Waals surface area contributed by atoms with Gasteiger partial charge in [-0.05, 0) is 58.3 Å². The fraction of sp³-hybridized carbons (Fsp3) is 0.629. The first-order valence-corrected chi connectivity index (χ1v) is 17.4. The normalized spacial score (nSPS) is 26.5. The summed E-state index contributed by atoms with van der Waals surface area (Å²) in [6.45, 7) is 9.02. The minimum Gasteiger partial charge on any atom is -0.378 e. The van der Waals surface area contributed by atoms with Crippen molar-refractivity contribution in [2.24, 2.45) is 5.92 Å². The lowest BCUT2D eigenvalue weighted by molar-refractivity contribution is -0.0880. The van der Waals surface area contributed by atoms with E-state index in [0.717, 1.165) is 65.0 Å². The van der Waals surface area contributed by atoms with Gasteiger partial charge in [0.25, 0.3) is 11.5 Å². The van der Waals surface area contributed by atoms with Crippen molar-refractivity contribution >= 4 is 22.5 Å². The van der Waals surface area contributed by atoms with Crippen molar-refractivity contribution in [1.29, 1.82) is 0 Å². The lowest BCUT2D eigenvalue weighted by Gasteiger charge is -2.43. The molecule has 2 aromatic heterocycles. The Labute approximate surface area is 274 Å². The molecule has 5 aliphatic rings. The third kappa shape index (κ3) is 6.48. The van der Waals surface area contributed by atoms with Crippen molar-refractivity contribution in [3.05, 3.63) is 57.9 Å². The van der Waals surface area contributed by atoms with Gasteiger partial charge in [-0.2, -0.15) is 0 Å². The molecule has 254 valence electrons. The largest absolute Gasteiger partial charge is 0.378 e. The number of pyridine rings is 1. The van der Waals surface area contributed by atoms with E-state index in [4.69, 9.17) is 4.74 Å². The number of piperazine rings is 1. The number of anilines is 2. The summed E-state index contributed by atoms with van der Waals surface area (Å²) in [7, 11) is 0. The number of ether oxygens (including phenoxy) is 1. The average Bonchev–Trinajstić information content (AvgIpc) is 3.04. The Morgan fingerprint density at radius 2 is 1.64 bits per heavy atom. The Morgan fingerprint density at radius 1 is 0.915 bits per heavy atom.